The summed E-state index contributed by atoms with van der Waals surface area (Å²) in [6.07, 6.45) is 8.02. The molecule has 1 saturated heterocycles. The van der Waals surface area contributed by atoms with E-state index in [1.54, 1.807) is 35.6 Å². The first-order valence-corrected chi connectivity index (χ1v) is 11.0. The number of likely N-dealkylation sites (tertiary alicyclic amines) is 1. The molecule has 4 rings (SSSR count). The molecule has 2 aromatic heterocycles. The molecular weight excluding hydrogens is 400 g/mol. The molecule has 1 fully saturated rings. The summed E-state index contributed by atoms with van der Waals surface area (Å²) in [5.41, 5.74) is 3.11. The molecule has 6 heteroatoms. The lowest BCUT2D eigenvalue weighted by atomic mass is 9.79. The second kappa shape index (κ2) is 9.30. The Hall–Kier alpha value is -3.54. The van der Waals surface area contributed by atoms with Crippen LogP contribution in [0.5, 0.6) is 0 Å². The Morgan fingerprint density at radius 3 is 2.53 bits per heavy atom. The Morgan fingerprint density at radius 1 is 1.03 bits per heavy atom. The molecule has 0 radical (unpaired) electrons. The highest BCUT2D eigenvalue weighted by Crippen LogP contribution is 2.36. The maximum absolute atomic E-state index is 13.4. The SMILES string of the molecule is CC(C)NC(=O)[C@]1(Cc2cccc(-c3cccnc3)c2)CCN(C(=O)c2ccncc2)C1. The highest BCUT2D eigenvalue weighted by atomic mass is 16.2. The number of hydrogen-bond donors (Lipinski definition) is 1. The number of carbonyl (C=O) groups excluding carboxylic acids is 2. The third-order valence-electron chi connectivity index (χ3n) is 5.93. The minimum atomic E-state index is -0.666. The van der Waals surface area contributed by atoms with Crippen molar-refractivity contribution in [2.24, 2.45) is 5.41 Å². The van der Waals surface area contributed by atoms with E-state index < -0.39 is 5.41 Å². The molecule has 3 aromatic rings. The molecule has 0 aliphatic carbocycles. The minimum absolute atomic E-state index is 0.00399. The van der Waals surface area contributed by atoms with E-state index in [9.17, 15) is 9.59 Å². The molecule has 32 heavy (non-hydrogen) atoms. The number of carbonyl (C=O) groups is 2. The van der Waals surface area contributed by atoms with Gasteiger partial charge in [-0.05, 0) is 61.6 Å². The summed E-state index contributed by atoms with van der Waals surface area (Å²) in [6.45, 7) is 4.87. The zero-order chi connectivity index (χ0) is 22.6. The van der Waals surface area contributed by atoms with Crippen molar-refractivity contribution in [2.45, 2.75) is 32.7 Å². The van der Waals surface area contributed by atoms with Crippen molar-refractivity contribution >= 4 is 11.8 Å². The number of pyridine rings is 2. The van der Waals surface area contributed by atoms with Crippen molar-refractivity contribution in [3.05, 3.63) is 84.4 Å². The molecule has 2 amide bonds. The monoisotopic (exact) mass is 428 g/mol. The van der Waals surface area contributed by atoms with Crippen molar-refractivity contribution in [2.75, 3.05) is 13.1 Å². The van der Waals surface area contributed by atoms with Crippen molar-refractivity contribution < 1.29 is 9.59 Å². The molecule has 1 N–H and O–H groups in total. The predicted molar refractivity (Wildman–Crippen MR) is 124 cm³/mol. The van der Waals surface area contributed by atoms with Gasteiger partial charge in [0.2, 0.25) is 5.91 Å². The smallest absolute Gasteiger partial charge is 0.253 e. The zero-order valence-electron chi connectivity index (χ0n) is 18.5. The second-order valence-electron chi connectivity index (χ2n) is 8.74. The Bertz CT molecular complexity index is 1090. The van der Waals surface area contributed by atoms with Crippen LogP contribution in [0.4, 0.5) is 0 Å². The first-order valence-electron chi connectivity index (χ1n) is 11.0. The van der Waals surface area contributed by atoms with Crippen molar-refractivity contribution in [1.82, 2.24) is 20.2 Å². The van der Waals surface area contributed by atoms with Gasteiger partial charge in [-0.1, -0.05) is 30.3 Å². The summed E-state index contributed by atoms with van der Waals surface area (Å²) in [5, 5.41) is 3.09. The van der Waals surface area contributed by atoms with Crippen LogP contribution >= 0.6 is 0 Å². The maximum Gasteiger partial charge on any atom is 0.253 e. The van der Waals surface area contributed by atoms with Gasteiger partial charge in [0.05, 0.1) is 5.41 Å². The first-order chi connectivity index (χ1) is 15.5. The van der Waals surface area contributed by atoms with E-state index in [0.29, 0.717) is 31.5 Å². The lowest BCUT2D eigenvalue weighted by Crippen LogP contribution is -2.47. The molecule has 0 bridgehead atoms. The van der Waals surface area contributed by atoms with E-state index in [-0.39, 0.29) is 17.9 Å². The molecule has 0 unspecified atom stereocenters. The molecule has 6 nitrogen and oxygen atoms in total. The Balaban J connectivity index is 1.61. The lowest BCUT2D eigenvalue weighted by molar-refractivity contribution is -0.130. The summed E-state index contributed by atoms with van der Waals surface area (Å²) >= 11 is 0. The van der Waals surface area contributed by atoms with E-state index in [0.717, 1.165) is 16.7 Å². The fourth-order valence-electron chi connectivity index (χ4n) is 4.33. The third kappa shape index (κ3) is 4.69. The van der Waals surface area contributed by atoms with Crippen LogP contribution in [0.15, 0.2) is 73.3 Å². The molecule has 164 valence electrons. The number of benzene rings is 1. The third-order valence-corrected chi connectivity index (χ3v) is 5.93. The largest absolute Gasteiger partial charge is 0.353 e. The molecule has 3 heterocycles. The Labute approximate surface area is 188 Å². The van der Waals surface area contributed by atoms with Crippen LogP contribution in [-0.2, 0) is 11.2 Å². The molecule has 1 atom stereocenters. The van der Waals surface area contributed by atoms with E-state index in [1.165, 1.54) is 0 Å². The van der Waals surface area contributed by atoms with Gasteiger partial charge in [0.15, 0.2) is 0 Å². The maximum atomic E-state index is 13.4. The van der Waals surface area contributed by atoms with Gasteiger partial charge in [-0.25, -0.2) is 0 Å². The van der Waals surface area contributed by atoms with Crippen molar-refractivity contribution in [3.63, 3.8) is 0 Å². The van der Waals surface area contributed by atoms with E-state index in [4.69, 9.17) is 0 Å². The quantitative estimate of drug-likeness (QED) is 0.649. The van der Waals surface area contributed by atoms with Gasteiger partial charge < -0.3 is 10.2 Å². The van der Waals surface area contributed by atoms with Crippen LogP contribution in [0, 0.1) is 5.41 Å². The van der Waals surface area contributed by atoms with Gasteiger partial charge in [-0.3, -0.25) is 19.6 Å². The number of nitrogens with one attached hydrogen (secondary N) is 1. The molecule has 0 spiro atoms. The summed E-state index contributed by atoms with van der Waals surface area (Å²) in [5.74, 6) is -0.0555. The molecule has 1 aliphatic heterocycles. The average Bonchev–Trinajstić information content (AvgIpc) is 3.25. The van der Waals surface area contributed by atoms with Gasteiger partial charge in [-0.2, -0.15) is 0 Å². The van der Waals surface area contributed by atoms with Gasteiger partial charge in [0, 0.05) is 49.5 Å². The zero-order valence-corrected chi connectivity index (χ0v) is 18.5. The van der Waals surface area contributed by atoms with Crippen LogP contribution in [-0.4, -0.2) is 45.8 Å². The van der Waals surface area contributed by atoms with Crippen LogP contribution in [0.25, 0.3) is 11.1 Å². The first kappa shape index (κ1) is 21.7. The van der Waals surface area contributed by atoms with Gasteiger partial charge in [0.1, 0.15) is 0 Å². The highest BCUT2D eigenvalue weighted by molar-refractivity contribution is 5.95. The standard InChI is InChI=1S/C26H28N4O2/c1-19(2)29-25(32)26(10-14-30(18-26)24(31)21-8-12-27-13-9-21)16-20-5-3-6-22(15-20)23-7-4-11-28-17-23/h3-9,11-13,15,17,19H,10,14,16,18H2,1-2H3,(H,29,32)/t26-/m0/s1. The number of amides is 2. The average molecular weight is 429 g/mol. The Morgan fingerprint density at radius 2 is 1.81 bits per heavy atom. The highest BCUT2D eigenvalue weighted by Gasteiger charge is 2.46. The van der Waals surface area contributed by atoms with Crippen LogP contribution in [0.1, 0.15) is 36.2 Å². The van der Waals surface area contributed by atoms with Crippen LogP contribution in [0.3, 0.4) is 0 Å². The molecule has 1 aliphatic rings. The molecule has 1 aromatic carbocycles. The molecular formula is C26H28N4O2. The lowest BCUT2D eigenvalue weighted by Gasteiger charge is -2.29. The van der Waals surface area contributed by atoms with E-state index in [2.05, 4.69) is 33.5 Å². The number of hydrogen-bond acceptors (Lipinski definition) is 4. The van der Waals surface area contributed by atoms with E-state index in [1.807, 2.05) is 38.2 Å². The Kier molecular flexibility index (Phi) is 6.30. The second-order valence-corrected chi connectivity index (χ2v) is 8.74. The summed E-state index contributed by atoms with van der Waals surface area (Å²) in [7, 11) is 0. The van der Waals surface area contributed by atoms with Gasteiger partial charge >= 0.3 is 0 Å². The number of rotatable bonds is 6. The topological polar surface area (TPSA) is 75.2 Å². The number of nitrogens with zero attached hydrogens (tertiary/aromatic N) is 3. The number of aromatic nitrogens is 2. The van der Waals surface area contributed by atoms with E-state index >= 15 is 0 Å². The molecule has 0 saturated carbocycles. The van der Waals surface area contributed by atoms with Crippen LogP contribution < -0.4 is 5.32 Å². The van der Waals surface area contributed by atoms with Crippen molar-refractivity contribution in [3.8, 4) is 11.1 Å². The van der Waals surface area contributed by atoms with Crippen LogP contribution in [0.2, 0.25) is 0 Å². The van der Waals surface area contributed by atoms with Gasteiger partial charge in [0.25, 0.3) is 5.91 Å². The fraction of sp³-hybridized carbons (Fsp3) is 0.308. The summed E-state index contributed by atoms with van der Waals surface area (Å²) in [4.78, 5) is 36.4. The summed E-state index contributed by atoms with van der Waals surface area (Å²) < 4.78 is 0. The predicted octanol–water partition coefficient (Wildman–Crippen LogP) is 3.74. The minimum Gasteiger partial charge on any atom is -0.353 e. The van der Waals surface area contributed by atoms with Gasteiger partial charge in [-0.15, -0.1) is 0 Å². The summed E-state index contributed by atoms with van der Waals surface area (Å²) in [6, 6.07) is 15.6. The fourth-order valence-corrected chi connectivity index (χ4v) is 4.33. The normalized spacial score (nSPS) is 18.0. The van der Waals surface area contributed by atoms with Crippen molar-refractivity contribution in [1.29, 1.82) is 0 Å².